The van der Waals surface area contributed by atoms with E-state index in [1.165, 1.54) is 4.68 Å². The average Bonchev–Trinajstić information content (AvgIpc) is 2.06. The molecule has 0 aliphatic rings. The van der Waals surface area contributed by atoms with E-state index in [0.717, 1.165) is 5.69 Å². The van der Waals surface area contributed by atoms with E-state index in [2.05, 4.69) is 5.10 Å². The van der Waals surface area contributed by atoms with Gasteiger partial charge in [0.15, 0.2) is 0 Å². The van der Waals surface area contributed by atoms with Gasteiger partial charge in [0.25, 0.3) is 5.56 Å². The van der Waals surface area contributed by atoms with Crippen LogP contribution in [-0.4, -0.2) is 15.6 Å². The van der Waals surface area contributed by atoms with Crippen molar-refractivity contribution in [1.82, 2.24) is 9.78 Å². The van der Waals surface area contributed by atoms with Crippen molar-refractivity contribution in [3.05, 3.63) is 27.7 Å². The summed E-state index contributed by atoms with van der Waals surface area (Å²) < 4.78 is 1.22. The third-order valence-electron chi connectivity index (χ3n) is 2.12. The quantitative estimate of drug-likeness (QED) is 0.516. The molecule has 0 aliphatic heterocycles. The maximum Gasteiger partial charge on any atom is 0.277 e. The number of nitrogens with zero attached hydrogens (tertiary/aromatic N) is 2. The summed E-state index contributed by atoms with van der Waals surface area (Å²) in [5, 5.41) is 11.4. The molecular weight excluding hydrogens is 192 g/mol. The molecule has 0 bridgehead atoms. The molecule has 15 heavy (non-hydrogen) atoms. The smallest absolute Gasteiger partial charge is 0.277 e. The lowest BCUT2D eigenvalue weighted by molar-refractivity contribution is 0.530. The minimum absolute atomic E-state index is 0.171. The van der Waals surface area contributed by atoms with Gasteiger partial charge in [0.2, 0.25) is 0 Å². The first-order valence-electron chi connectivity index (χ1n) is 4.66. The summed E-state index contributed by atoms with van der Waals surface area (Å²) in [6, 6.07) is 1.59. The molecule has 0 radical (unpaired) electrons. The van der Waals surface area contributed by atoms with Crippen LogP contribution in [0.25, 0.3) is 0 Å². The van der Waals surface area contributed by atoms with E-state index in [-0.39, 0.29) is 22.4 Å². The Morgan fingerprint density at radius 3 is 2.47 bits per heavy atom. The summed E-state index contributed by atoms with van der Waals surface area (Å²) in [5.41, 5.74) is 5.78. The van der Waals surface area contributed by atoms with Gasteiger partial charge in [0.1, 0.15) is 5.84 Å². The van der Waals surface area contributed by atoms with E-state index in [1.54, 1.807) is 13.1 Å². The Balaban J connectivity index is 3.50. The molecule has 0 aliphatic carbocycles. The topological polar surface area (TPSA) is 84.8 Å². The second kappa shape index (κ2) is 3.49. The molecule has 1 aromatic rings. The molecule has 0 unspecified atom stereocenters. The van der Waals surface area contributed by atoms with Crippen LogP contribution < -0.4 is 11.3 Å². The van der Waals surface area contributed by atoms with Crippen molar-refractivity contribution in [3.8, 4) is 0 Å². The first-order valence-corrected chi connectivity index (χ1v) is 4.66. The van der Waals surface area contributed by atoms with Crippen molar-refractivity contribution in [3.63, 3.8) is 0 Å². The maximum atomic E-state index is 11.6. The summed E-state index contributed by atoms with van der Waals surface area (Å²) >= 11 is 0. The zero-order valence-electron chi connectivity index (χ0n) is 9.46. The third-order valence-corrected chi connectivity index (χ3v) is 2.12. The molecule has 0 spiro atoms. The second-order valence-corrected chi connectivity index (χ2v) is 4.54. The number of nitrogens with two attached hydrogens (primary N) is 1. The van der Waals surface area contributed by atoms with Crippen LogP contribution in [0.4, 0.5) is 0 Å². The molecule has 0 amide bonds. The van der Waals surface area contributed by atoms with Crippen LogP contribution in [0, 0.1) is 5.41 Å². The molecule has 5 nitrogen and oxygen atoms in total. The van der Waals surface area contributed by atoms with Crippen molar-refractivity contribution in [2.45, 2.75) is 26.2 Å². The molecule has 5 heteroatoms. The van der Waals surface area contributed by atoms with E-state index >= 15 is 0 Å². The van der Waals surface area contributed by atoms with Crippen molar-refractivity contribution < 1.29 is 0 Å². The van der Waals surface area contributed by atoms with Gasteiger partial charge >= 0.3 is 0 Å². The van der Waals surface area contributed by atoms with Gasteiger partial charge in [0, 0.05) is 12.5 Å². The van der Waals surface area contributed by atoms with Gasteiger partial charge in [-0.25, -0.2) is 4.68 Å². The highest BCUT2D eigenvalue weighted by Crippen LogP contribution is 2.18. The molecule has 1 rings (SSSR count). The lowest BCUT2D eigenvalue weighted by Gasteiger charge is -2.18. The van der Waals surface area contributed by atoms with Crippen LogP contribution in [0.2, 0.25) is 0 Å². The van der Waals surface area contributed by atoms with Crippen molar-refractivity contribution >= 4 is 5.84 Å². The molecule has 1 aromatic heterocycles. The number of nitrogens with one attached hydrogen (secondary N) is 1. The first kappa shape index (κ1) is 11.4. The summed E-state index contributed by atoms with van der Waals surface area (Å²) in [5.74, 6) is -0.219. The van der Waals surface area contributed by atoms with Gasteiger partial charge in [-0.2, -0.15) is 5.10 Å². The predicted molar refractivity (Wildman–Crippen MR) is 59.2 cm³/mol. The van der Waals surface area contributed by atoms with Crippen LogP contribution in [0.3, 0.4) is 0 Å². The van der Waals surface area contributed by atoms with Crippen LogP contribution >= 0.6 is 0 Å². The highest BCUT2D eigenvalue weighted by Gasteiger charge is 2.19. The predicted octanol–water partition coefficient (Wildman–Crippen LogP) is 0.362. The molecule has 0 aromatic carbocycles. The third kappa shape index (κ3) is 2.23. The van der Waals surface area contributed by atoms with Gasteiger partial charge in [-0.05, 0) is 6.07 Å². The molecule has 3 N–H and O–H groups in total. The van der Waals surface area contributed by atoms with Crippen molar-refractivity contribution in [2.24, 2.45) is 12.8 Å². The van der Waals surface area contributed by atoms with Crippen molar-refractivity contribution in [1.29, 1.82) is 5.41 Å². The Morgan fingerprint density at radius 2 is 2.07 bits per heavy atom. The molecule has 0 saturated carbocycles. The normalized spacial score (nSPS) is 11.5. The zero-order valence-corrected chi connectivity index (χ0v) is 9.46. The number of aryl methyl sites for hydroxylation is 1. The van der Waals surface area contributed by atoms with Gasteiger partial charge < -0.3 is 5.73 Å². The van der Waals surface area contributed by atoms with E-state index < -0.39 is 0 Å². The fraction of sp³-hybridized carbons (Fsp3) is 0.500. The highest BCUT2D eigenvalue weighted by molar-refractivity contribution is 5.94. The largest absolute Gasteiger partial charge is 0.384 e. The minimum Gasteiger partial charge on any atom is -0.384 e. The Kier molecular flexibility index (Phi) is 2.66. The number of hydrogen-bond donors (Lipinski definition) is 2. The lowest BCUT2D eigenvalue weighted by atomic mass is 9.91. The monoisotopic (exact) mass is 208 g/mol. The van der Waals surface area contributed by atoms with Crippen LogP contribution in [0.5, 0.6) is 0 Å². The summed E-state index contributed by atoms with van der Waals surface area (Å²) in [4.78, 5) is 11.6. The summed E-state index contributed by atoms with van der Waals surface area (Å²) in [7, 11) is 1.56. The minimum atomic E-state index is -0.337. The second-order valence-electron chi connectivity index (χ2n) is 4.54. The summed E-state index contributed by atoms with van der Waals surface area (Å²) in [6.07, 6.45) is 0. The SMILES string of the molecule is Cn1nc(C(C)(C)C)cc(C(=N)N)c1=O. The number of rotatable bonds is 1. The van der Waals surface area contributed by atoms with Gasteiger partial charge in [0.05, 0.1) is 11.3 Å². The molecular formula is C10H16N4O. The molecule has 1 heterocycles. The fourth-order valence-corrected chi connectivity index (χ4v) is 1.17. The van der Waals surface area contributed by atoms with Gasteiger partial charge in [-0.1, -0.05) is 20.8 Å². The number of hydrogen-bond acceptors (Lipinski definition) is 3. The molecule has 82 valence electrons. The molecule has 0 atom stereocenters. The highest BCUT2D eigenvalue weighted by atomic mass is 16.1. The van der Waals surface area contributed by atoms with E-state index in [4.69, 9.17) is 11.1 Å². The fourth-order valence-electron chi connectivity index (χ4n) is 1.17. The van der Waals surface area contributed by atoms with E-state index in [9.17, 15) is 4.79 Å². The Hall–Kier alpha value is -1.65. The molecule has 0 fully saturated rings. The van der Waals surface area contributed by atoms with Crippen LogP contribution in [0.1, 0.15) is 32.0 Å². The van der Waals surface area contributed by atoms with E-state index in [1.807, 2.05) is 20.8 Å². The Bertz CT molecular complexity index is 453. The van der Waals surface area contributed by atoms with Gasteiger partial charge in [-0.3, -0.25) is 10.2 Å². The zero-order chi connectivity index (χ0) is 11.8. The van der Waals surface area contributed by atoms with E-state index in [0.29, 0.717) is 0 Å². The standard InChI is InChI=1S/C10H16N4O/c1-10(2,3)7-5-6(8(11)12)9(15)14(4)13-7/h5H,1-4H3,(H3,11,12). The lowest BCUT2D eigenvalue weighted by Crippen LogP contribution is -2.32. The Morgan fingerprint density at radius 1 is 1.53 bits per heavy atom. The number of amidine groups is 1. The van der Waals surface area contributed by atoms with Gasteiger partial charge in [-0.15, -0.1) is 0 Å². The number of aromatic nitrogens is 2. The summed E-state index contributed by atoms with van der Waals surface area (Å²) in [6.45, 7) is 5.97. The van der Waals surface area contributed by atoms with Crippen LogP contribution in [0.15, 0.2) is 10.9 Å². The first-order chi connectivity index (χ1) is 6.73. The van der Waals surface area contributed by atoms with Crippen LogP contribution in [-0.2, 0) is 12.5 Å². The Labute approximate surface area is 88.4 Å². The molecule has 0 saturated heterocycles. The average molecular weight is 208 g/mol. The maximum absolute atomic E-state index is 11.6. The van der Waals surface area contributed by atoms with Crippen molar-refractivity contribution in [2.75, 3.05) is 0 Å². The number of nitrogen functional groups attached to an aromatic ring is 1.